The summed E-state index contributed by atoms with van der Waals surface area (Å²) in [5.41, 5.74) is 2.02. The lowest BCUT2D eigenvalue weighted by atomic mass is 10.2. The molecular weight excluding hydrogens is 176 g/mol. The van der Waals surface area contributed by atoms with Gasteiger partial charge in [-0.1, -0.05) is 39.6 Å². The zero-order valence-corrected chi connectivity index (χ0v) is 10.1. The lowest BCUT2D eigenvalue weighted by Gasteiger charge is -2.33. The lowest BCUT2D eigenvalue weighted by Crippen LogP contribution is -2.35. The van der Waals surface area contributed by atoms with Crippen molar-refractivity contribution in [2.24, 2.45) is 0 Å². The Bertz CT molecular complexity index is 261. The molecule has 0 saturated heterocycles. The summed E-state index contributed by atoms with van der Waals surface area (Å²) < 4.78 is 0. The molecule has 0 bridgehead atoms. The van der Waals surface area contributed by atoms with E-state index in [1.54, 1.807) is 0 Å². The normalized spacial score (nSPS) is 12.9. The minimum atomic E-state index is -1.48. The maximum Gasteiger partial charge on any atom is 0.227 e. The maximum atomic E-state index is 10.9. The van der Waals surface area contributed by atoms with Crippen molar-refractivity contribution in [1.29, 1.82) is 0 Å². The predicted octanol–water partition coefficient (Wildman–Crippen LogP) is 2.79. The number of carbonyl (C=O) groups is 1. The summed E-state index contributed by atoms with van der Waals surface area (Å²) in [6.45, 7) is 11.1. The molecule has 0 N–H and O–H groups in total. The van der Waals surface area contributed by atoms with Gasteiger partial charge in [-0.2, -0.15) is 0 Å². The van der Waals surface area contributed by atoms with E-state index in [-0.39, 0.29) is 10.8 Å². The first-order chi connectivity index (χ1) is 5.70. The van der Waals surface area contributed by atoms with Gasteiger partial charge in [-0.3, -0.25) is 4.79 Å². The maximum absolute atomic E-state index is 10.9. The number of rotatable bonds is 2. The summed E-state index contributed by atoms with van der Waals surface area (Å²) >= 11 is 0. The van der Waals surface area contributed by atoms with Gasteiger partial charge in [-0.15, -0.1) is 6.42 Å². The standard InChI is InChI=1S/C11H18OSi/c1-7-10(12)8-9-13(5,6)11(2,3)4/h1,8-9H,2-6H3/b9-8+. The fourth-order valence-electron chi connectivity index (χ4n) is 0.582. The molecule has 0 rings (SSSR count). The van der Waals surface area contributed by atoms with Gasteiger partial charge in [-0.25, -0.2) is 0 Å². The summed E-state index contributed by atoms with van der Waals surface area (Å²) in [7, 11) is -1.48. The Hall–Kier alpha value is -0.813. The molecule has 0 heterocycles. The number of ketones is 1. The quantitative estimate of drug-likeness (QED) is 0.286. The Morgan fingerprint density at radius 2 is 1.85 bits per heavy atom. The second kappa shape index (κ2) is 3.93. The molecule has 0 aliphatic rings. The second-order valence-electron chi connectivity index (χ2n) is 4.81. The molecule has 0 atom stereocenters. The van der Waals surface area contributed by atoms with Crippen LogP contribution >= 0.6 is 0 Å². The smallest absolute Gasteiger partial charge is 0.227 e. The fourth-order valence-corrected chi connectivity index (χ4v) is 1.65. The number of carbonyl (C=O) groups excluding carboxylic acids is 1. The zero-order chi connectivity index (χ0) is 10.7. The van der Waals surface area contributed by atoms with Crippen LogP contribution in [-0.2, 0) is 4.79 Å². The highest BCUT2D eigenvalue weighted by molar-refractivity contribution is 6.85. The second-order valence-corrected chi connectivity index (χ2v) is 10.1. The molecule has 0 fully saturated rings. The van der Waals surface area contributed by atoms with Crippen LogP contribution < -0.4 is 0 Å². The average Bonchev–Trinajstić information content (AvgIpc) is 1.98. The lowest BCUT2D eigenvalue weighted by molar-refractivity contribution is -0.109. The number of allylic oxidation sites excluding steroid dienone is 1. The van der Waals surface area contributed by atoms with Crippen LogP contribution in [0.4, 0.5) is 0 Å². The van der Waals surface area contributed by atoms with E-state index in [0.717, 1.165) is 0 Å². The summed E-state index contributed by atoms with van der Waals surface area (Å²) in [5.74, 6) is 1.85. The van der Waals surface area contributed by atoms with Crippen molar-refractivity contribution in [2.45, 2.75) is 38.9 Å². The van der Waals surface area contributed by atoms with Crippen LogP contribution in [0.25, 0.3) is 0 Å². The minimum Gasteiger partial charge on any atom is -0.280 e. The summed E-state index contributed by atoms with van der Waals surface area (Å²) in [6, 6.07) is 0. The Labute approximate surface area is 82.2 Å². The molecule has 0 unspecified atom stereocenters. The number of hydrogen-bond acceptors (Lipinski definition) is 1. The Kier molecular flexibility index (Phi) is 3.68. The van der Waals surface area contributed by atoms with Crippen LogP contribution in [0.2, 0.25) is 18.1 Å². The Balaban J connectivity index is 4.63. The van der Waals surface area contributed by atoms with Gasteiger partial charge in [0.05, 0.1) is 8.07 Å². The molecule has 0 aromatic rings. The van der Waals surface area contributed by atoms with Gasteiger partial charge in [0.2, 0.25) is 5.78 Å². The van der Waals surface area contributed by atoms with E-state index in [9.17, 15) is 4.79 Å². The van der Waals surface area contributed by atoms with E-state index in [0.29, 0.717) is 0 Å². The van der Waals surface area contributed by atoms with Gasteiger partial charge >= 0.3 is 0 Å². The number of terminal acetylenes is 1. The first-order valence-corrected chi connectivity index (χ1v) is 7.48. The summed E-state index contributed by atoms with van der Waals surface area (Å²) in [4.78, 5) is 10.9. The van der Waals surface area contributed by atoms with E-state index in [2.05, 4.69) is 39.8 Å². The van der Waals surface area contributed by atoms with Crippen molar-refractivity contribution in [3.05, 3.63) is 11.8 Å². The minimum absolute atomic E-state index is 0.232. The van der Waals surface area contributed by atoms with Crippen molar-refractivity contribution in [1.82, 2.24) is 0 Å². The average molecular weight is 194 g/mol. The highest BCUT2D eigenvalue weighted by Gasteiger charge is 2.32. The molecule has 0 aliphatic carbocycles. The van der Waals surface area contributed by atoms with Crippen molar-refractivity contribution in [3.63, 3.8) is 0 Å². The highest BCUT2D eigenvalue weighted by Crippen LogP contribution is 2.36. The predicted molar refractivity (Wildman–Crippen MR) is 60.2 cm³/mol. The van der Waals surface area contributed by atoms with Crippen molar-refractivity contribution in [3.8, 4) is 12.3 Å². The van der Waals surface area contributed by atoms with Crippen molar-refractivity contribution < 1.29 is 4.79 Å². The summed E-state index contributed by atoms with van der Waals surface area (Å²) in [6.07, 6.45) is 6.51. The third kappa shape index (κ3) is 3.60. The molecule has 1 nitrogen and oxygen atoms in total. The highest BCUT2D eigenvalue weighted by atomic mass is 28.3. The molecule has 0 aromatic carbocycles. The van der Waals surface area contributed by atoms with Gasteiger partial charge in [0.15, 0.2) is 0 Å². The zero-order valence-electron chi connectivity index (χ0n) is 9.14. The van der Waals surface area contributed by atoms with Crippen molar-refractivity contribution in [2.75, 3.05) is 0 Å². The molecule has 0 spiro atoms. The van der Waals surface area contributed by atoms with E-state index >= 15 is 0 Å². The van der Waals surface area contributed by atoms with E-state index in [1.165, 1.54) is 6.08 Å². The van der Waals surface area contributed by atoms with Gasteiger partial charge in [0, 0.05) is 0 Å². The van der Waals surface area contributed by atoms with Crippen LogP contribution in [0.5, 0.6) is 0 Å². The Morgan fingerprint density at radius 1 is 1.38 bits per heavy atom. The van der Waals surface area contributed by atoms with Crippen LogP contribution in [0.3, 0.4) is 0 Å². The van der Waals surface area contributed by atoms with Crippen LogP contribution in [0.15, 0.2) is 11.8 Å². The molecule has 0 radical (unpaired) electrons. The molecule has 0 saturated carbocycles. The third-order valence-electron chi connectivity index (χ3n) is 2.73. The molecule has 0 aliphatic heterocycles. The monoisotopic (exact) mass is 194 g/mol. The van der Waals surface area contributed by atoms with Crippen LogP contribution in [-0.4, -0.2) is 13.9 Å². The topological polar surface area (TPSA) is 17.1 Å². The van der Waals surface area contributed by atoms with Crippen LogP contribution in [0.1, 0.15) is 20.8 Å². The molecule has 72 valence electrons. The molecular formula is C11H18OSi. The van der Waals surface area contributed by atoms with Crippen LogP contribution in [0, 0.1) is 12.3 Å². The van der Waals surface area contributed by atoms with Gasteiger partial charge in [-0.05, 0) is 17.0 Å². The fraction of sp³-hybridized carbons (Fsp3) is 0.545. The van der Waals surface area contributed by atoms with Gasteiger partial charge in [0.1, 0.15) is 0 Å². The first kappa shape index (κ1) is 12.2. The van der Waals surface area contributed by atoms with E-state index < -0.39 is 8.07 Å². The third-order valence-corrected chi connectivity index (χ3v) is 7.59. The molecule has 0 aromatic heterocycles. The molecule has 2 heteroatoms. The van der Waals surface area contributed by atoms with Crippen molar-refractivity contribution >= 4 is 13.9 Å². The van der Waals surface area contributed by atoms with E-state index in [4.69, 9.17) is 6.42 Å². The molecule has 0 amide bonds. The molecule has 13 heavy (non-hydrogen) atoms. The van der Waals surface area contributed by atoms with Gasteiger partial charge in [0.25, 0.3) is 0 Å². The van der Waals surface area contributed by atoms with E-state index in [1.807, 2.05) is 5.70 Å². The van der Waals surface area contributed by atoms with Gasteiger partial charge < -0.3 is 0 Å². The SMILES string of the molecule is C#CC(=O)/C=C/[Si](C)(C)C(C)(C)C. The Morgan fingerprint density at radius 3 is 2.15 bits per heavy atom. The largest absolute Gasteiger partial charge is 0.280 e. The first-order valence-electron chi connectivity index (χ1n) is 4.40. The summed E-state index contributed by atoms with van der Waals surface area (Å²) in [5, 5.41) is 0.262. The number of hydrogen-bond donors (Lipinski definition) is 0.